The normalized spacial score (nSPS) is 10.3. The van der Waals surface area contributed by atoms with Gasteiger partial charge in [0.25, 0.3) is 5.91 Å². The molecule has 18 heavy (non-hydrogen) atoms. The van der Waals surface area contributed by atoms with Gasteiger partial charge in [0.15, 0.2) is 0 Å². The van der Waals surface area contributed by atoms with E-state index in [-0.39, 0.29) is 17.8 Å². The number of rotatable bonds is 3. The van der Waals surface area contributed by atoms with E-state index in [9.17, 15) is 13.6 Å². The quantitative estimate of drug-likeness (QED) is 0.778. The van der Waals surface area contributed by atoms with Gasteiger partial charge in [-0.05, 0) is 24.3 Å². The SMILES string of the molecule is Nc1c[nH]c(C(=O)NCc2cc(F)ccc2F)c1. The third kappa shape index (κ3) is 2.65. The van der Waals surface area contributed by atoms with Gasteiger partial charge in [0.05, 0.1) is 0 Å². The molecule has 94 valence electrons. The van der Waals surface area contributed by atoms with Crippen LogP contribution in [0, 0.1) is 11.6 Å². The van der Waals surface area contributed by atoms with E-state index < -0.39 is 17.5 Å². The molecule has 6 heteroatoms. The average Bonchev–Trinajstić information content (AvgIpc) is 2.77. The predicted octanol–water partition coefficient (Wildman–Crippen LogP) is 1.81. The van der Waals surface area contributed by atoms with Crippen molar-refractivity contribution in [3.05, 3.63) is 53.4 Å². The molecule has 0 saturated heterocycles. The maximum atomic E-state index is 13.3. The highest BCUT2D eigenvalue weighted by Gasteiger charge is 2.09. The van der Waals surface area contributed by atoms with E-state index in [2.05, 4.69) is 10.3 Å². The fourth-order valence-electron chi connectivity index (χ4n) is 1.49. The molecule has 1 heterocycles. The van der Waals surface area contributed by atoms with Gasteiger partial charge in [0, 0.05) is 24.0 Å². The molecule has 0 fully saturated rings. The smallest absolute Gasteiger partial charge is 0.268 e. The van der Waals surface area contributed by atoms with E-state index in [4.69, 9.17) is 5.73 Å². The number of carbonyl (C=O) groups excluding carboxylic acids is 1. The van der Waals surface area contributed by atoms with Gasteiger partial charge in [-0.15, -0.1) is 0 Å². The van der Waals surface area contributed by atoms with E-state index in [1.54, 1.807) is 0 Å². The minimum absolute atomic E-state index is 0.0860. The Kier molecular flexibility index (Phi) is 3.27. The molecule has 2 aromatic rings. The molecule has 0 spiro atoms. The van der Waals surface area contributed by atoms with E-state index >= 15 is 0 Å². The molecule has 4 N–H and O–H groups in total. The first kappa shape index (κ1) is 12.1. The second kappa shape index (κ2) is 4.87. The van der Waals surface area contributed by atoms with Gasteiger partial charge in [-0.25, -0.2) is 8.78 Å². The number of nitrogens with two attached hydrogens (primary N) is 1. The summed E-state index contributed by atoms with van der Waals surface area (Å²) < 4.78 is 26.2. The van der Waals surface area contributed by atoms with Gasteiger partial charge in [-0.3, -0.25) is 4.79 Å². The summed E-state index contributed by atoms with van der Waals surface area (Å²) in [4.78, 5) is 14.3. The maximum Gasteiger partial charge on any atom is 0.268 e. The number of carbonyl (C=O) groups is 1. The molecule has 4 nitrogen and oxygen atoms in total. The van der Waals surface area contributed by atoms with Crippen LogP contribution in [0.3, 0.4) is 0 Å². The fourth-order valence-corrected chi connectivity index (χ4v) is 1.49. The Labute approximate surface area is 102 Å². The topological polar surface area (TPSA) is 70.9 Å². The predicted molar refractivity (Wildman–Crippen MR) is 62.7 cm³/mol. The lowest BCUT2D eigenvalue weighted by Gasteiger charge is -2.05. The third-order valence-electron chi connectivity index (χ3n) is 2.40. The Morgan fingerprint density at radius 3 is 2.78 bits per heavy atom. The summed E-state index contributed by atoms with van der Waals surface area (Å²) in [6.45, 7) is -0.0959. The minimum Gasteiger partial charge on any atom is -0.397 e. The zero-order valence-electron chi connectivity index (χ0n) is 9.34. The Morgan fingerprint density at radius 2 is 2.11 bits per heavy atom. The average molecular weight is 251 g/mol. The van der Waals surface area contributed by atoms with Crippen LogP contribution in [0.25, 0.3) is 0 Å². The van der Waals surface area contributed by atoms with Crippen molar-refractivity contribution in [2.45, 2.75) is 6.54 Å². The summed E-state index contributed by atoms with van der Waals surface area (Å²) in [5.74, 6) is -1.55. The van der Waals surface area contributed by atoms with Crippen molar-refractivity contribution in [1.82, 2.24) is 10.3 Å². The van der Waals surface area contributed by atoms with Crippen molar-refractivity contribution in [2.75, 3.05) is 5.73 Å². The van der Waals surface area contributed by atoms with Crippen molar-refractivity contribution in [3.8, 4) is 0 Å². The number of anilines is 1. The number of hydrogen-bond donors (Lipinski definition) is 3. The maximum absolute atomic E-state index is 13.3. The van der Waals surface area contributed by atoms with Gasteiger partial charge < -0.3 is 16.0 Å². The first-order valence-electron chi connectivity index (χ1n) is 5.22. The number of H-pyrrole nitrogens is 1. The molecule has 0 aliphatic carbocycles. The van der Waals surface area contributed by atoms with E-state index in [1.807, 2.05) is 0 Å². The van der Waals surface area contributed by atoms with E-state index in [0.29, 0.717) is 5.69 Å². The number of benzene rings is 1. The van der Waals surface area contributed by atoms with Gasteiger partial charge >= 0.3 is 0 Å². The van der Waals surface area contributed by atoms with Crippen molar-refractivity contribution >= 4 is 11.6 Å². The van der Waals surface area contributed by atoms with Crippen LogP contribution < -0.4 is 11.1 Å². The highest BCUT2D eigenvalue weighted by atomic mass is 19.1. The second-order valence-corrected chi connectivity index (χ2v) is 3.77. The summed E-state index contributed by atoms with van der Waals surface area (Å²) in [5, 5.41) is 2.46. The largest absolute Gasteiger partial charge is 0.397 e. The molecular formula is C12H11F2N3O. The fraction of sp³-hybridized carbons (Fsp3) is 0.0833. The summed E-state index contributed by atoms with van der Waals surface area (Å²) in [5.41, 5.74) is 6.23. The second-order valence-electron chi connectivity index (χ2n) is 3.77. The number of nitrogen functional groups attached to an aromatic ring is 1. The standard InChI is InChI=1S/C12H11F2N3O/c13-8-1-2-10(14)7(3-8)5-17-12(18)11-4-9(15)6-16-11/h1-4,6,16H,5,15H2,(H,17,18). The van der Waals surface area contributed by atoms with Gasteiger partial charge in [0.2, 0.25) is 0 Å². The Morgan fingerprint density at radius 1 is 1.33 bits per heavy atom. The minimum atomic E-state index is -0.567. The number of amides is 1. The number of aromatic nitrogens is 1. The Hall–Kier alpha value is -2.37. The highest BCUT2D eigenvalue weighted by molar-refractivity contribution is 5.93. The molecule has 0 bridgehead atoms. The van der Waals surface area contributed by atoms with Crippen molar-refractivity contribution in [3.63, 3.8) is 0 Å². The lowest BCUT2D eigenvalue weighted by molar-refractivity contribution is 0.0946. The first-order chi connectivity index (χ1) is 8.56. The van der Waals surface area contributed by atoms with Crippen LogP contribution in [0.5, 0.6) is 0 Å². The summed E-state index contributed by atoms with van der Waals surface area (Å²) >= 11 is 0. The number of aromatic amines is 1. The van der Waals surface area contributed by atoms with E-state index in [0.717, 1.165) is 18.2 Å². The Balaban J connectivity index is 2.03. The molecule has 0 atom stereocenters. The van der Waals surface area contributed by atoms with Crippen LogP contribution in [0.15, 0.2) is 30.5 Å². The highest BCUT2D eigenvalue weighted by Crippen LogP contribution is 2.10. The summed E-state index contributed by atoms with van der Waals surface area (Å²) in [7, 11) is 0. The molecule has 0 aliphatic rings. The van der Waals surface area contributed by atoms with Crippen LogP contribution in [0.4, 0.5) is 14.5 Å². The van der Waals surface area contributed by atoms with Gasteiger partial charge in [-0.1, -0.05) is 0 Å². The first-order valence-corrected chi connectivity index (χ1v) is 5.22. The van der Waals surface area contributed by atoms with E-state index in [1.165, 1.54) is 12.3 Å². The summed E-state index contributed by atoms with van der Waals surface area (Å²) in [6, 6.07) is 4.53. The molecule has 2 rings (SSSR count). The zero-order chi connectivity index (χ0) is 13.1. The number of halogens is 2. The van der Waals surface area contributed by atoms with Crippen LogP contribution in [-0.2, 0) is 6.54 Å². The van der Waals surface area contributed by atoms with Gasteiger partial charge in [-0.2, -0.15) is 0 Å². The number of nitrogens with one attached hydrogen (secondary N) is 2. The van der Waals surface area contributed by atoms with Crippen LogP contribution in [-0.4, -0.2) is 10.9 Å². The molecular weight excluding hydrogens is 240 g/mol. The molecule has 0 unspecified atom stereocenters. The molecule has 0 saturated carbocycles. The van der Waals surface area contributed by atoms with Crippen molar-refractivity contribution in [1.29, 1.82) is 0 Å². The van der Waals surface area contributed by atoms with Crippen LogP contribution >= 0.6 is 0 Å². The third-order valence-corrected chi connectivity index (χ3v) is 2.40. The molecule has 0 radical (unpaired) electrons. The van der Waals surface area contributed by atoms with Crippen molar-refractivity contribution < 1.29 is 13.6 Å². The lowest BCUT2D eigenvalue weighted by Crippen LogP contribution is -2.23. The van der Waals surface area contributed by atoms with Crippen molar-refractivity contribution in [2.24, 2.45) is 0 Å². The molecule has 0 aliphatic heterocycles. The molecule has 1 aromatic heterocycles. The van der Waals surface area contributed by atoms with Crippen LogP contribution in [0.2, 0.25) is 0 Å². The summed E-state index contributed by atoms with van der Waals surface area (Å²) in [6.07, 6.45) is 1.47. The lowest BCUT2D eigenvalue weighted by atomic mass is 10.2. The van der Waals surface area contributed by atoms with Crippen LogP contribution in [0.1, 0.15) is 16.1 Å². The number of hydrogen-bond acceptors (Lipinski definition) is 2. The zero-order valence-corrected chi connectivity index (χ0v) is 9.34. The van der Waals surface area contributed by atoms with Gasteiger partial charge in [0.1, 0.15) is 17.3 Å². The molecule has 1 amide bonds. The Bertz CT molecular complexity index is 580. The monoisotopic (exact) mass is 251 g/mol. The molecule has 1 aromatic carbocycles.